The lowest BCUT2D eigenvalue weighted by Crippen LogP contribution is -2.27. The Morgan fingerprint density at radius 3 is 2.78 bits per heavy atom. The lowest BCUT2D eigenvalue weighted by molar-refractivity contribution is 0.517. The number of hydrogen-bond donors (Lipinski definition) is 1. The van der Waals surface area contributed by atoms with Crippen molar-refractivity contribution >= 4 is 26.8 Å². The van der Waals surface area contributed by atoms with Crippen LogP contribution in [-0.4, -0.2) is 15.9 Å². The van der Waals surface area contributed by atoms with E-state index in [1.54, 1.807) is 0 Å². The van der Waals surface area contributed by atoms with Crippen LogP contribution in [0.25, 0.3) is 10.9 Å². The van der Waals surface area contributed by atoms with E-state index in [0.717, 1.165) is 18.5 Å². The molecule has 1 heterocycles. The fourth-order valence-corrected chi connectivity index (χ4v) is 2.72. The molecule has 0 aliphatic heterocycles. The van der Waals surface area contributed by atoms with Crippen LogP contribution in [0.15, 0.2) is 36.5 Å². The maximum Gasteiger partial charge on any atom is 0.0705 e. The van der Waals surface area contributed by atoms with Gasteiger partial charge in [-0.05, 0) is 31.0 Å². The molecule has 0 saturated carbocycles. The number of hydrogen-bond acceptors (Lipinski definition) is 2. The molecule has 0 aliphatic rings. The minimum absolute atomic E-state index is 0.506. The molecular formula is C15H19BrN2. The first-order chi connectivity index (χ1) is 8.66. The highest BCUT2D eigenvalue weighted by Crippen LogP contribution is 2.16. The van der Waals surface area contributed by atoms with Crippen LogP contribution in [-0.2, 0) is 6.54 Å². The fraction of sp³-hybridized carbons (Fsp3) is 0.400. The Bertz CT molecular complexity index is 505. The van der Waals surface area contributed by atoms with Gasteiger partial charge in [0.25, 0.3) is 0 Å². The number of benzene rings is 1. The zero-order chi connectivity index (χ0) is 13.0. The SMILES string of the molecule is CC(Br)CC(C)NCc1ccnc2ccccc12. The maximum absolute atomic E-state index is 4.38. The first-order valence-corrected chi connectivity index (χ1v) is 7.28. The van der Waals surface area contributed by atoms with Gasteiger partial charge >= 0.3 is 0 Å². The van der Waals surface area contributed by atoms with Crippen LogP contribution in [0.5, 0.6) is 0 Å². The number of aromatic nitrogens is 1. The predicted octanol–water partition coefficient (Wildman–Crippen LogP) is 3.89. The van der Waals surface area contributed by atoms with Gasteiger partial charge < -0.3 is 5.32 Å². The molecule has 2 rings (SSSR count). The molecule has 2 nitrogen and oxygen atoms in total. The van der Waals surface area contributed by atoms with Gasteiger partial charge in [-0.15, -0.1) is 0 Å². The van der Waals surface area contributed by atoms with E-state index < -0.39 is 0 Å². The number of alkyl halides is 1. The van der Waals surface area contributed by atoms with Gasteiger partial charge in [0.05, 0.1) is 5.52 Å². The smallest absolute Gasteiger partial charge is 0.0705 e. The van der Waals surface area contributed by atoms with Crippen LogP contribution in [0.1, 0.15) is 25.8 Å². The number of para-hydroxylation sites is 1. The minimum atomic E-state index is 0.506. The second kappa shape index (κ2) is 6.30. The van der Waals surface area contributed by atoms with Gasteiger partial charge in [-0.1, -0.05) is 41.1 Å². The number of rotatable bonds is 5. The fourth-order valence-electron chi connectivity index (χ4n) is 2.16. The molecule has 0 spiro atoms. The largest absolute Gasteiger partial charge is 0.310 e. The van der Waals surface area contributed by atoms with Crippen molar-refractivity contribution in [2.24, 2.45) is 0 Å². The molecular weight excluding hydrogens is 288 g/mol. The van der Waals surface area contributed by atoms with E-state index in [1.807, 2.05) is 12.3 Å². The van der Waals surface area contributed by atoms with Crippen molar-refractivity contribution in [2.45, 2.75) is 37.7 Å². The highest BCUT2D eigenvalue weighted by molar-refractivity contribution is 9.09. The molecule has 0 amide bonds. The van der Waals surface area contributed by atoms with Crippen molar-refractivity contribution in [1.82, 2.24) is 10.3 Å². The Hall–Kier alpha value is -0.930. The summed E-state index contributed by atoms with van der Waals surface area (Å²) in [7, 11) is 0. The normalized spacial score (nSPS) is 14.6. The third kappa shape index (κ3) is 3.53. The summed E-state index contributed by atoms with van der Waals surface area (Å²) in [5.74, 6) is 0. The zero-order valence-electron chi connectivity index (χ0n) is 10.9. The van der Waals surface area contributed by atoms with Crippen LogP contribution in [0.2, 0.25) is 0 Å². The van der Waals surface area contributed by atoms with Crippen LogP contribution < -0.4 is 5.32 Å². The predicted molar refractivity (Wildman–Crippen MR) is 81.1 cm³/mol. The van der Waals surface area contributed by atoms with Gasteiger partial charge in [-0.2, -0.15) is 0 Å². The van der Waals surface area contributed by atoms with Gasteiger partial charge in [0, 0.05) is 29.0 Å². The number of halogens is 1. The summed E-state index contributed by atoms with van der Waals surface area (Å²) in [5.41, 5.74) is 2.38. The van der Waals surface area contributed by atoms with E-state index in [1.165, 1.54) is 10.9 Å². The lowest BCUT2D eigenvalue weighted by atomic mass is 10.1. The molecule has 0 radical (unpaired) electrons. The minimum Gasteiger partial charge on any atom is -0.310 e. The molecule has 0 aliphatic carbocycles. The standard InChI is InChI=1S/C15H19BrN2/c1-11(16)9-12(2)18-10-13-7-8-17-15-6-4-3-5-14(13)15/h3-8,11-12,18H,9-10H2,1-2H3. The monoisotopic (exact) mass is 306 g/mol. The Balaban J connectivity index is 2.08. The zero-order valence-corrected chi connectivity index (χ0v) is 12.4. The van der Waals surface area contributed by atoms with Crippen LogP contribution in [0, 0.1) is 0 Å². The summed E-state index contributed by atoms with van der Waals surface area (Å²) >= 11 is 3.59. The van der Waals surface area contributed by atoms with Crippen LogP contribution in [0.3, 0.4) is 0 Å². The number of pyridine rings is 1. The Labute approximate surface area is 117 Å². The molecule has 2 unspecified atom stereocenters. The first kappa shape index (κ1) is 13.5. The summed E-state index contributed by atoms with van der Waals surface area (Å²) in [6.45, 7) is 5.30. The Morgan fingerprint density at radius 1 is 1.22 bits per heavy atom. The summed E-state index contributed by atoms with van der Waals surface area (Å²) in [5, 5.41) is 4.81. The van der Waals surface area contributed by atoms with Crippen LogP contribution >= 0.6 is 15.9 Å². The second-order valence-corrected chi connectivity index (χ2v) is 6.35. The molecule has 2 atom stereocenters. The number of nitrogens with one attached hydrogen (secondary N) is 1. The highest BCUT2D eigenvalue weighted by Gasteiger charge is 2.06. The maximum atomic E-state index is 4.38. The molecule has 1 N–H and O–H groups in total. The van der Waals surface area contributed by atoms with E-state index in [9.17, 15) is 0 Å². The van der Waals surface area contributed by atoms with Gasteiger partial charge in [0.15, 0.2) is 0 Å². The van der Waals surface area contributed by atoms with Crippen molar-refractivity contribution in [2.75, 3.05) is 0 Å². The van der Waals surface area contributed by atoms with Crippen molar-refractivity contribution in [3.05, 3.63) is 42.1 Å². The van der Waals surface area contributed by atoms with Crippen molar-refractivity contribution in [3.8, 4) is 0 Å². The van der Waals surface area contributed by atoms with Gasteiger partial charge in [-0.3, -0.25) is 4.98 Å². The third-order valence-corrected chi connectivity index (χ3v) is 3.43. The Morgan fingerprint density at radius 2 is 2.00 bits per heavy atom. The average Bonchev–Trinajstić information content (AvgIpc) is 2.35. The third-order valence-electron chi connectivity index (χ3n) is 3.06. The molecule has 18 heavy (non-hydrogen) atoms. The van der Waals surface area contributed by atoms with Crippen molar-refractivity contribution in [3.63, 3.8) is 0 Å². The van der Waals surface area contributed by atoms with E-state index in [-0.39, 0.29) is 0 Å². The van der Waals surface area contributed by atoms with E-state index in [2.05, 4.69) is 64.3 Å². The molecule has 0 saturated heterocycles. The first-order valence-electron chi connectivity index (χ1n) is 6.37. The quantitative estimate of drug-likeness (QED) is 0.848. The second-order valence-electron chi connectivity index (χ2n) is 4.79. The average molecular weight is 307 g/mol. The Kier molecular flexibility index (Phi) is 4.72. The highest BCUT2D eigenvalue weighted by atomic mass is 79.9. The van der Waals surface area contributed by atoms with Gasteiger partial charge in [-0.25, -0.2) is 0 Å². The molecule has 1 aromatic heterocycles. The molecule has 3 heteroatoms. The van der Waals surface area contributed by atoms with E-state index in [4.69, 9.17) is 0 Å². The molecule has 1 aromatic carbocycles. The van der Waals surface area contributed by atoms with Crippen LogP contribution in [0.4, 0.5) is 0 Å². The lowest BCUT2D eigenvalue weighted by Gasteiger charge is -2.15. The van der Waals surface area contributed by atoms with Gasteiger partial charge in [0.1, 0.15) is 0 Å². The summed E-state index contributed by atoms with van der Waals surface area (Å²) in [6, 6.07) is 10.9. The number of fused-ring (bicyclic) bond motifs is 1. The van der Waals surface area contributed by atoms with Crippen molar-refractivity contribution in [1.29, 1.82) is 0 Å². The summed E-state index contributed by atoms with van der Waals surface area (Å²) in [4.78, 5) is 4.93. The summed E-state index contributed by atoms with van der Waals surface area (Å²) in [6.07, 6.45) is 3.01. The van der Waals surface area contributed by atoms with E-state index in [0.29, 0.717) is 10.9 Å². The molecule has 0 fully saturated rings. The topological polar surface area (TPSA) is 24.9 Å². The van der Waals surface area contributed by atoms with E-state index >= 15 is 0 Å². The summed E-state index contributed by atoms with van der Waals surface area (Å²) < 4.78 is 0. The molecule has 96 valence electrons. The molecule has 0 bridgehead atoms. The molecule has 2 aromatic rings. The van der Waals surface area contributed by atoms with Gasteiger partial charge in [0.2, 0.25) is 0 Å². The number of nitrogens with zero attached hydrogens (tertiary/aromatic N) is 1. The van der Waals surface area contributed by atoms with Crippen molar-refractivity contribution < 1.29 is 0 Å².